The highest BCUT2D eigenvalue weighted by atomic mass is 35.5. The number of nitrogens with one attached hydrogen (secondary N) is 2. The third kappa shape index (κ3) is 3.86. The maximum absolute atomic E-state index is 9.59. The van der Waals surface area contributed by atoms with Gasteiger partial charge >= 0.3 is 0 Å². The van der Waals surface area contributed by atoms with E-state index < -0.39 is 0 Å². The summed E-state index contributed by atoms with van der Waals surface area (Å²) in [5.41, 5.74) is 2.04. The van der Waals surface area contributed by atoms with E-state index in [0.717, 1.165) is 5.69 Å². The van der Waals surface area contributed by atoms with Crippen molar-refractivity contribution in [3.8, 4) is 0 Å². The molecule has 0 amide bonds. The first kappa shape index (κ1) is 18.3. The van der Waals surface area contributed by atoms with Crippen LogP contribution in [0.5, 0.6) is 0 Å². The fourth-order valence-corrected chi connectivity index (χ4v) is 2.61. The second-order valence-corrected chi connectivity index (χ2v) is 6.72. The Kier molecular flexibility index (Phi) is 5.53. The Bertz CT molecular complexity index is 879. The lowest BCUT2D eigenvalue weighted by molar-refractivity contribution is 0.248. The number of hydrogen-bond donors (Lipinski definition) is 3. The molecule has 3 rings (SSSR count). The molecule has 3 aromatic rings. The summed E-state index contributed by atoms with van der Waals surface area (Å²) in [6.07, 6.45) is 0. The van der Waals surface area contributed by atoms with Gasteiger partial charge in [0.1, 0.15) is 0 Å². The molecule has 2 aromatic heterocycles. The third-order valence-electron chi connectivity index (χ3n) is 4.09. The Balaban J connectivity index is 2.02. The van der Waals surface area contributed by atoms with E-state index in [1.165, 1.54) is 0 Å². The molecule has 0 spiro atoms. The first-order valence-corrected chi connectivity index (χ1v) is 8.90. The van der Waals surface area contributed by atoms with Crippen molar-refractivity contribution < 1.29 is 5.11 Å². The Morgan fingerprint density at radius 2 is 1.92 bits per heavy atom. The van der Waals surface area contributed by atoms with E-state index in [1.807, 2.05) is 32.9 Å². The van der Waals surface area contributed by atoms with Gasteiger partial charge in [0.05, 0.1) is 12.6 Å². The molecule has 138 valence electrons. The maximum Gasteiger partial charge on any atom is 0.227 e. The summed E-state index contributed by atoms with van der Waals surface area (Å²) in [4.78, 5) is 9.08. The van der Waals surface area contributed by atoms with Gasteiger partial charge < -0.3 is 15.7 Å². The van der Waals surface area contributed by atoms with E-state index in [1.54, 1.807) is 16.8 Å². The van der Waals surface area contributed by atoms with Crippen molar-refractivity contribution in [1.82, 2.24) is 25.0 Å². The molecule has 0 saturated carbocycles. The fourth-order valence-electron chi connectivity index (χ4n) is 2.48. The molecule has 0 saturated heterocycles. The van der Waals surface area contributed by atoms with E-state index in [2.05, 4.69) is 30.9 Å². The smallest absolute Gasteiger partial charge is 0.227 e. The van der Waals surface area contributed by atoms with Crippen molar-refractivity contribution in [2.24, 2.45) is 5.92 Å². The average molecular weight is 376 g/mol. The number of aryl methyl sites for hydroxylation is 1. The highest BCUT2D eigenvalue weighted by Gasteiger charge is 2.18. The number of nitrogens with zero attached hydrogens (tertiary/aromatic N) is 5. The van der Waals surface area contributed by atoms with Crippen LogP contribution in [-0.4, -0.2) is 42.7 Å². The summed E-state index contributed by atoms with van der Waals surface area (Å²) >= 11 is 5.95. The van der Waals surface area contributed by atoms with E-state index in [4.69, 9.17) is 11.6 Å². The van der Waals surface area contributed by atoms with Crippen LogP contribution in [0, 0.1) is 5.92 Å². The van der Waals surface area contributed by atoms with E-state index in [0.29, 0.717) is 34.5 Å². The highest BCUT2D eigenvalue weighted by molar-refractivity contribution is 6.30. The minimum atomic E-state index is -0.151. The van der Waals surface area contributed by atoms with Gasteiger partial charge in [-0.15, -0.1) is 5.10 Å². The van der Waals surface area contributed by atoms with E-state index in [-0.39, 0.29) is 18.6 Å². The molecule has 0 aliphatic heterocycles. The van der Waals surface area contributed by atoms with Crippen molar-refractivity contribution in [3.63, 3.8) is 0 Å². The fraction of sp³-hybridized carbons (Fsp3) is 0.412. The minimum Gasteiger partial charge on any atom is -0.394 e. The topological polar surface area (TPSA) is 101 Å². The molecule has 1 aromatic carbocycles. The number of hydrogen-bond acceptors (Lipinski definition) is 7. The zero-order valence-corrected chi connectivity index (χ0v) is 15.7. The van der Waals surface area contributed by atoms with Crippen LogP contribution < -0.4 is 10.6 Å². The molecule has 3 N–H and O–H groups in total. The molecular weight excluding hydrogens is 354 g/mol. The van der Waals surface area contributed by atoms with Crippen LogP contribution in [0.2, 0.25) is 5.02 Å². The molecule has 1 atom stereocenters. The van der Waals surface area contributed by atoms with E-state index >= 15 is 0 Å². The van der Waals surface area contributed by atoms with Crippen molar-refractivity contribution in [3.05, 3.63) is 29.3 Å². The van der Waals surface area contributed by atoms with Crippen LogP contribution in [0.3, 0.4) is 0 Å². The molecule has 1 unspecified atom stereocenters. The summed E-state index contributed by atoms with van der Waals surface area (Å²) in [5, 5.41) is 25.0. The normalized spacial score (nSPS) is 12.5. The predicted octanol–water partition coefficient (Wildman–Crippen LogP) is 3.07. The van der Waals surface area contributed by atoms with Gasteiger partial charge in [-0.1, -0.05) is 30.7 Å². The zero-order valence-electron chi connectivity index (χ0n) is 14.9. The van der Waals surface area contributed by atoms with Gasteiger partial charge in [-0.25, -0.2) is 4.68 Å². The van der Waals surface area contributed by atoms with Gasteiger partial charge in [0, 0.05) is 17.3 Å². The lowest BCUT2D eigenvalue weighted by Gasteiger charge is -2.20. The molecule has 26 heavy (non-hydrogen) atoms. The number of benzene rings is 1. The van der Waals surface area contributed by atoms with Gasteiger partial charge in [-0.05, 0) is 37.1 Å². The van der Waals surface area contributed by atoms with Crippen molar-refractivity contribution >= 4 is 40.2 Å². The van der Waals surface area contributed by atoms with Gasteiger partial charge in [-0.3, -0.25) is 0 Å². The zero-order chi connectivity index (χ0) is 18.7. The summed E-state index contributed by atoms with van der Waals surface area (Å²) in [5.74, 6) is 1.18. The second-order valence-electron chi connectivity index (χ2n) is 6.28. The number of anilines is 3. The summed E-state index contributed by atoms with van der Waals surface area (Å²) in [6.45, 7) is 6.65. The first-order valence-electron chi connectivity index (χ1n) is 8.53. The molecule has 0 aliphatic rings. The van der Waals surface area contributed by atoms with Gasteiger partial charge in [-0.2, -0.15) is 9.97 Å². The number of aliphatic hydroxyl groups is 1. The number of aliphatic hydroxyl groups excluding tert-OH is 1. The SMILES string of the molecule is CCn1nnc2c(Nc3ccc(Cl)cc3)nc(NC(CO)C(C)C)nc21. The largest absolute Gasteiger partial charge is 0.394 e. The maximum atomic E-state index is 9.59. The van der Waals surface area contributed by atoms with E-state index in [9.17, 15) is 5.11 Å². The van der Waals surface area contributed by atoms with Crippen LogP contribution in [0.15, 0.2) is 24.3 Å². The van der Waals surface area contributed by atoms with Crippen molar-refractivity contribution in [1.29, 1.82) is 0 Å². The number of fused-ring (bicyclic) bond motifs is 1. The minimum absolute atomic E-state index is 0.00962. The molecule has 0 fully saturated rings. The molecular formula is C17H22ClN7O. The third-order valence-corrected chi connectivity index (χ3v) is 4.34. The van der Waals surface area contributed by atoms with Crippen LogP contribution >= 0.6 is 11.6 Å². The van der Waals surface area contributed by atoms with Gasteiger partial charge in [0.2, 0.25) is 5.95 Å². The van der Waals surface area contributed by atoms with Crippen LogP contribution in [0.4, 0.5) is 17.5 Å². The lowest BCUT2D eigenvalue weighted by atomic mass is 10.1. The summed E-state index contributed by atoms with van der Waals surface area (Å²) < 4.78 is 1.71. The standard InChI is InChI=1S/C17H22ClN7O/c1-4-25-16-14(23-24-25)15(19-12-7-5-11(18)6-8-12)21-17(22-16)20-13(9-26)10(2)3/h5-8,10,13,26H,4,9H2,1-3H3,(H2,19,20,21,22). The molecule has 2 heterocycles. The molecule has 9 heteroatoms. The molecule has 0 bridgehead atoms. The molecule has 0 radical (unpaired) electrons. The Morgan fingerprint density at radius 3 is 2.54 bits per heavy atom. The summed E-state index contributed by atoms with van der Waals surface area (Å²) in [7, 11) is 0. The second kappa shape index (κ2) is 7.84. The van der Waals surface area contributed by atoms with Crippen LogP contribution in [-0.2, 0) is 6.54 Å². The lowest BCUT2D eigenvalue weighted by Crippen LogP contribution is -2.30. The number of rotatable bonds is 7. The Labute approximate surface area is 156 Å². The van der Waals surface area contributed by atoms with Gasteiger partial charge in [0.25, 0.3) is 0 Å². The number of aromatic nitrogens is 5. The monoisotopic (exact) mass is 375 g/mol. The molecule has 8 nitrogen and oxygen atoms in total. The quantitative estimate of drug-likeness (QED) is 0.583. The molecule has 0 aliphatic carbocycles. The Morgan fingerprint density at radius 1 is 1.19 bits per heavy atom. The Hall–Kier alpha value is -2.45. The number of halogens is 1. The van der Waals surface area contributed by atoms with Crippen molar-refractivity contribution in [2.75, 3.05) is 17.2 Å². The first-order chi connectivity index (χ1) is 12.5. The van der Waals surface area contributed by atoms with Crippen LogP contribution in [0.1, 0.15) is 20.8 Å². The highest BCUT2D eigenvalue weighted by Crippen LogP contribution is 2.25. The average Bonchev–Trinajstić information content (AvgIpc) is 3.04. The van der Waals surface area contributed by atoms with Crippen molar-refractivity contribution in [2.45, 2.75) is 33.4 Å². The predicted molar refractivity (Wildman–Crippen MR) is 103 cm³/mol. The van der Waals surface area contributed by atoms with Crippen LogP contribution in [0.25, 0.3) is 11.2 Å². The van der Waals surface area contributed by atoms with Gasteiger partial charge in [0.15, 0.2) is 17.0 Å². The summed E-state index contributed by atoms with van der Waals surface area (Å²) in [6, 6.07) is 7.16.